The summed E-state index contributed by atoms with van der Waals surface area (Å²) in [4.78, 5) is 0. The Morgan fingerprint density at radius 3 is 1.22 bits per heavy atom. The van der Waals surface area contributed by atoms with Crippen LogP contribution in [0.5, 0.6) is 0 Å². The van der Waals surface area contributed by atoms with Crippen LogP contribution in [0.2, 0.25) is 0 Å². The van der Waals surface area contributed by atoms with Gasteiger partial charge in [-0.2, -0.15) is 0 Å². The fourth-order valence-corrected chi connectivity index (χ4v) is 2.49. The first kappa shape index (κ1) is 18.9. The lowest BCUT2D eigenvalue weighted by Crippen LogP contribution is -2.63. The number of hydrogen-bond donors (Lipinski definition) is 8. The summed E-state index contributed by atoms with van der Waals surface area (Å²) in [5, 5.41) is 76.4. The Bertz CT molecular complexity index is 344. The van der Waals surface area contributed by atoms with Gasteiger partial charge in [-0.15, -0.1) is 0 Å². The highest BCUT2D eigenvalue weighted by molar-refractivity contribution is 4.92. The molecule has 8 N–H and O–H groups in total. The first-order valence-corrected chi connectivity index (χ1v) is 7.08. The number of aliphatic hydroxyl groups excluding tert-OH is 8. The predicted molar refractivity (Wildman–Crippen MR) is 68.6 cm³/mol. The molecule has 0 aromatic heterocycles. The third-order valence-corrected chi connectivity index (χ3v) is 3.97. The zero-order valence-corrected chi connectivity index (χ0v) is 12.0. The van der Waals surface area contributed by atoms with Crippen molar-refractivity contribution in [1.29, 1.82) is 0 Å². The van der Waals surface area contributed by atoms with E-state index in [1.165, 1.54) is 0 Å². The number of aliphatic hydroxyl groups is 8. The van der Waals surface area contributed by atoms with Crippen LogP contribution in [-0.2, 0) is 14.2 Å². The van der Waals surface area contributed by atoms with Gasteiger partial charge in [0.1, 0.15) is 48.8 Å². The smallest absolute Gasteiger partial charge is 0.189 e. The van der Waals surface area contributed by atoms with Crippen LogP contribution in [0.3, 0.4) is 0 Å². The first-order chi connectivity index (χ1) is 10.8. The number of rotatable bonds is 4. The van der Waals surface area contributed by atoms with Gasteiger partial charge in [0.25, 0.3) is 0 Å². The molecule has 2 rings (SSSR count). The fourth-order valence-electron chi connectivity index (χ4n) is 2.49. The van der Waals surface area contributed by atoms with Crippen LogP contribution in [0.15, 0.2) is 0 Å². The van der Waals surface area contributed by atoms with Gasteiger partial charge in [-0.3, -0.25) is 0 Å². The Morgan fingerprint density at radius 2 is 0.913 bits per heavy atom. The summed E-state index contributed by atoms with van der Waals surface area (Å²) >= 11 is 0. The highest BCUT2D eigenvalue weighted by Gasteiger charge is 2.49. The largest absolute Gasteiger partial charge is 0.394 e. The van der Waals surface area contributed by atoms with Crippen LogP contribution in [0.25, 0.3) is 0 Å². The Hall–Kier alpha value is -0.440. The van der Waals surface area contributed by atoms with E-state index < -0.39 is 74.6 Å². The molecule has 10 atom stereocenters. The quantitative estimate of drug-likeness (QED) is 0.243. The van der Waals surface area contributed by atoms with Crippen LogP contribution < -0.4 is 0 Å². The molecule has 0 bridgehead atoms. The van der Waals surface area contributed by atoms with Crippen molar-refractivity contribution >= 4 is 0 Å². The lowest BCUT2D eigenvalue weighted by Gasteiger charge is -2.44. The number of hydrogen-bond acceptors (Lipinski definition) is 11. The van der Waals surface area contributed by atoms with Crippen molar-refractivity contribution in [2.75, 3.05) is 13.2 Å². The molecule has 2 aliphatic rings. The van der Waals surface area contributed by atoms with Crippen molar-refractivity contribution in [2.45, 2.75) is 61.4 Å². The summed E-state index contributed by atoms with van der Waals surface area (Å²) in [5.74, 6) is 0. The van der Waals surface area contributed by atoms with Crippen LogP contribution in [-0.4, -0.2) is 115 Å². The average molecular weight is 342 g/mol. The van der Waals surface area contributed by atoms with E-state index in [9.17, 15) is 30.6 Å². The Labute approximate surface area is 130 Å². The maximum absolute atomic E-state index is 9.84. The Kier molecular flexibility index (Phi) is 6.27. The normalized spacial score (nSPS) is 51.7. The molecule has 6 unspecified atom stereocenters. The zero-order chi connectivity index (χ0) is 17.3. The van der Waals surface area contributed by atoms with E-state index in [4.69, 9.17) is 24.4 Å². The summed E-state index contributed by atoms with van der Waals surface area (Å²) in [7, 11) is 0. The van der Waals surface area contributed by atoms with E-state index >= 15 is 0 Å². The minimum atomic E-state index is -1.72. The summed E-state index contributed by atoms with van der Waals surface area (Å²) in [6, 6.07) is 0. The summed E-state index contributed by atoms with van der Waals surface area (Å²) in [5.41, 5.74) is 0. The van der Waals surface area contributed by atoms with Gasteiger partial charge in [-0.1, -0.05) is 0 Å². The second kappa shape index (κ2) is 7.63. The molecule has 2 saturated heterocycles. The summed E-state index contributed by atoms with van der Waals surface area (Å²) in [6.45, 7) is -1.33. The first-order valence-electron chi connectivity index (χ1n) is 7.08. The van der Waals surface area contributed by atoms with E-state index in [1.807, 2.05) is 0 Å². The minimum Gasteiger partial charge on any atom is -0.394 e. The van der Waals surface area contributed by atoms with Crippen LogP contribution in [0.1, 0.15) is 0 Å². The fraction of sp³-hybridized carbons (Fsp3) is 1.00. The van der Waals surface area contributed by atoms with Gasteiger partial charge in [-0.25, -0.2) is 0 Å². The predicted octanol–water partition coefficient (Wildman–Crippen LogP) is -5.40. The standard InChI is InChI=1S/C12H22O11/c13-1-3-5(15)7(17)9(19)11(21-3)23-12-10(20)8(18)6(16)4(2-14)22-12/h3-20H,1-2H2/t3-,4?,5?,6?,7?,8-,9?,10?,11+,12-/m1/s1. The van der Waals surface area contributed by atoms with Gasteiger partial charge in [0.15, 0.2) is 12.6 Å². The van der Waals surface area contributed by atoms with Gasteiger partial charge < -0.3 is 55.1 Å². The third kappa shape index (κ3) is 3.65. The summed E-state index contributed by atoms with van der Waals surface area (Å²) < 4.78 is 15.3. The zero-order valence-electron chi connectivity index (χ0n) is 12.0. The second-order valence-electron chi connectivity index (χ2n) is 5.53. The monoisotopic (exact) mass is 342 g/mol. The lowest BCUT2D eigenvalue weighted by molar-refractivity contribution is -0.376. The van der Waals surface area contributed by atoms with Crippen LogP contribution >= 0.6 is 0 Å². The van der Waals surface area contributed by atoms with Crippen LogP contribution in [0.4, 0.5) is 0 Å². The molecule has 0 spiro atoms. The van der Waals surface area contributed by atoms with Gasteiger partial charge in [-0.05, 0) is 0 Å². The Balaban J connectivity index is 2.07. The minimum absolute atomic E-state index is 0.667. The molecule has 11 heteroatoms. The molecular weight excluding hydrogens is 320 g/mol. The second-order valence-corrected chi connectivity index (χ2v) is 5.53. The molecule has 0 radical (unpaired) electrons. The molecule has 136 valence electrons. The highest BCUT2D eigenvalue weighted by Crippen LogP contribution is 2.27. The van der Waals surface area contributed by atoms with Crippen LogP contribution in [0, 0.1) is 0 Å². The molecule has 0 aliphatic carbocycles. The average Bonchev–Trinajstić information content (AvgIpc) is 2.55. The van der Waals surface area contributed by atoms with E-state index in [1.54, 1.807) is 0 Å². The van der Waals surface area contributed by atoms with E-state index in [0.29, 0.717) is 0 Å². The third-order valence-electron chi connectivity index (χ3n) is 3.97. The number of ether oxygens (including phenoxy) is 3. The molecule has 2 aliphatic heterocycles. The summed E-state index contributed by atoms with van der Waals surface area (Å²) in [6.07, 6.45) is -15.6. The van der Waals surface area contributed by atoms with Crippen molar-refractivity contribution in [3.05, 3.63) is 0 Å². The van der Waals surface area contributed by atoms with Gasteiger partial charge in [0.05, 0.1) is 13.2 Å². The molecule has 0 aromatic carbocycles. The highest BCUT2D eigenvalue weighted by atomic mass is 16.8. The van der Waals surface area contributed by atoms with E-state index in [2.05, 4.69) is 0 Å². The Morgan fingerprint density at radius 1 is 0.565 bits per heavy atom. The molecule has 11 nitrogen and oxygen atoms in total. The van der Waals surface area contributed by atoms with E-state index in [0.717, 1.165) is 0 Å². The molecule has 23 heavy (non-hydrogen) atoms. The SMILES string of the molecule is OCC1O[C@H](O[C@@H]2O[C@H](CO)C(O)C(O)C2O)C(O)[C@H](O)C1O. The molecule has 0 saturated carbocycles. The maximum atomic E-state index is 9.84. The van der Waals surface area contributed by atoms with Gasteiger partial charge >= 0.3 is 0 Å². The molecule has 2 fully saturated rings. The molecule has 2 heterocycles. The van der Waals surface area contributed by atoms with Crippen molar-refractivity contribution in [1.82, 2.24) is 0 Å². The van der Waals surface area contributed by atoms with Gasteiger partial charge in [0, 0.05) is 0 Å². The molecular formula is C12H22O11. The molecule has 0 amide bonds. The maximum Gasteiger partial charge on any atom is 0.189 e. The van der Waals surface area contributed by atoms with Gasteiger partial charge in [0.2, 0.25) is 0 Å². The van der Waals surface area contributed by atoms with Crippen molar-refractivity contribution in [3.63, 3.8) is 0 Å². The lowest BCUT2D eigenvalue weighted by atomic mass is 9.98. The van der Waals surface area contributed by atoms with Crippen molar-refractivity contribution in [3.8, 4) is 0 Å². The molecule has 0 aromatic rings. The van der Waals surface area contributed by atoms with E-state index in [-0.39, 0.29) is 0 Å². The van der Waals surface area contributed by atoms with Crippen molar-refractivity contribution in [2.24, 2.45) is 0 Å². The van der Waals surface area contributed by atoms with Crippen molar-refractivity contribution < 1.29 is 55.1 Å². The topological polar surface area (TPSA) is 190 Å².